The van der Waals surface area contributed by atoms with Crippen molar-refractivity contribution in [3.05, 3.63) is 17.0 Å². The summed E-state index contributed by atoms with van der Waals surface area (Å²) < 4.78 is 0. The Morgan fingerprint density at radius 1 is 1.59 bits per heavy atom. The van der Waals surface area contributed by atoms with Crippen molar-refractivity contribution >= 4 is 29.2 Å². The number of carbonyl (C=O) groups is 2. The summed E-state index contributed by atoms with van der Waals surface area (Å²) in [5.74, 6) is -0.700. The Hall–Kier alpha value is -1.69. The van der Waals surface area contributed by atoms with Gasteiger partial charge in [-0.15, -0.1) is 0 Å². The van der Waals surface area contributed by atoms with Crippen LogP contribution >= 0.6 is 11.6 Å². The number of amides is 2. The van der Waals surface area contributed by atoms with Crippen LogP contribution in [-0.2, 0) is 9.59 Å². The summed E-state index contributed by atoms with van der Waals surface area (Å²) in [4.78, 5) is 32.1. The van der Waals surface area contributed by atoms with Gasteiger partial charge in [-0.3, -0.25) is 14.5 Å². The quantitative estimate of drug-likeness (QED) is 0.768. The molecule has 2 rings (SSSR count). The highest BCUT2D eigenvalue weighted by molar-refractivity contribution is 6.28. The molecule has 1 unspecified atom stereocenters. The first kappa shape index (κ1) is 11.8. The monoisotopic (exact) mass is 254 g/mol. The van der Waals surface area contributed by atoms with E-state index in [-0.39, 0.29) is 24.2 Å². The lowest BCUT2D eigenvalue weighted by Gasteiger charge is -2.15. The van der Waals surface area contributed by atoms with Gasteiger partial charge in [-0.25, -0.2) is 9.97 Å². The van der Waals surface area contributed by atoms with Crippen molar-refractivity contribution in [2.45, 2.75) is 13.3 Å². The fourth-order valence-electron chi connectivity index (χ4n) is 1.77. The van der Waals surface area contributed by atoms with Crippen molar-refractivity contribution in [3.63, 3.8) is 0 Å². The Morgan fingerprint density at radius 3 is 2.82 bits per heavy atom. The zero-order chi connectivity index (χ0) is 12.6. The number of carbonyl (C=O) groups excluding carboxylic acids is 2. The third kappa shape index (κ3) is 2.36. The number of rotatable bonds is 2. The largest absolute Gasteiger partial charge is 0.369 e. The first-order valence-corrected chi connectivity index (χ1v) is 5.46. The number of aromatic nitrogens is 2. The molecule has 0 aromatic carbocycles. The van der Waals surface area contributed by atoms with Crippen molar-refractivity contribution in [2.24, 2.45) is 11.7 Å². The minimum absolute atomic E-state index is 0.0790. The highest BCUT2D eigenvalue weighted by Crippen LogP contribution is 2.24. The van der Waals surface area contributed by atoms with Crippen molar-refractivity contribution < 1.29 is 9.59 Å². The lowest BCUT2D eigenvalue weighted by atomic mass is 10.1. The second-order valence-corrected chi connectivity index (χ2v) is 4.28. The number of nitrogens with two attached hydrogens (primary N) is 1. The Kier molecular flexibility index (Phi) is 2.97. The normalized spacial score (nSPS) is 19.8. The molecule has 1 aromatic rings. The molecular weight excluding hydrogens is 244 g/mol. The molecule has 0 aliphatic carbocycles. The smallest absolute Gasteiger partial charge is 0.229 e. The van der Waals surface area contributed by atoms with E-state index in [1.165, 1.54) is 4.90 Å². The molecule has 7 heteroatoms. The Bertz CT molecular complexity index is 471. The minimum Gasteiger partial charge on any atom is -0.369 e. The van der Waals surface area contributed by atoms with Crippen LogP contribution in [0, 0.1) is 12.8 Å². The van der Waals surface area contributed by atoms with Crippen LogP contribution in [0.2, 0.25) is 5.28 Å². The number of halogens is 1. The van der Waals surface area contributed by atoms with Crippen LogP contribution in [0.4, 0.5) is 5.82 Å². The van der Waals surface area contributed by atoms with Crippen molar-refractivity contribution in [1.82, 2.24) is 9.97 Å². The molecule has 2 N–H and O–H groups in total. The van der Waals surface area contributed by atoms with Gasteiger partial charge >= 0.3 is 0 Å². The molecule has 1 atom stereocenters. The SMILES string of the molecule is Cc1cc(N2CC(C(N)=O)CC2=O)nc(Cl)n1. The molecule has 0 saturated carbocycles. The molecule has 1 aliphatic heterocycles. The van der Waals surface area contributed by atoms with Crippen LogP contribution in [0.3, 0.4) is 0 Å². The molecule has 6 nitrogen and oxygen atoms in total. The average Bonchev–Trinajstić information content (AvgIpc) is 2.59. The molecular formula is C10H11ClN4O2. The van der Waals surface area contributed by atoms with Crippen molar-refractivity contribution in [2.75, 3.05) is 11.4 Å². The molecule has 0 bridgehead atoms. The molecule has 2 amide bonds. The second kappa shape index (κ2) is 4.29. The lowest BCUT2D eigenvalue weighted by Crippen LogP contribution is -2.29. The van der Waals surface area contributed by atoms with Crippen molar-refractivity contribution in [3.8, 4) is 0 Å². The molecule has 0 spiro atoms. The zero-order valence-corrected chi connectivity index (χ0v) is 9.94. The van der Waals surface area contributed by atoms with Gasteiger partial charge in [-0.05, 0) is 18.5 Å². The van der Waals surface area contributed by atoms with Gasteiger partial charge in [-0.1, -0.05) is 0 Å². The Morgan fingerprint density at radius 2 is 2.29 bits per heavy atom. The van der Waals surface area contributed by atoms with Crippen LogP contribution in [0.15, 0.2) is 6.07 Å². The van der Waals surface area contributed by atoms with Gasteiger partial charge in [0.15, 0.2) is 0 Å². The van der Waals surface area contributed by atoms with E-state index in [1.807, 2.05) is 0 Å². The van der Waals surface area contributed by atoms with E-state index in [0.717, 1.165) is 0 Å². The maximum absolute atomic E-state index is 11.7. The number of anilines is 1. The maximum atomic E-state index is 11.7. The van der Waals surface area contributed by atoms with Gasteiger partial charge in [0.1, 0.15) is 5.82 Å². The average molecular weight is 255 g/mol. The maximum Gasteiger partial charge on any atom is 0.229 e. The summed E-state index contributed by atoms with van der Waals surface area (Å²) in [6.07, 6.45) is 0.121. The van der Waals surface area contributed by atoms with Crippen LogP contribution < -0.4 is 10.6 Å². The number of nitrogens with zero attached hydrogens (tertiary/aromatic N) is 3. The predicted octanol–water partition coefficient (Wildman–Crippen LogP) is 0.277. The molecule has 1 aromatic heterocycles. The molecule has 90 valence electrons. The first-order valence-electron chi connectivity index (χ1n) is 5.08. The molecule has 1 saturated heterocycles. The highest BCUT2D eigenvalue weighted by atomic mass is 35.5. The van der Waals surface area contributed by atoms with Gasteiger partial charge in [0.25, 0.3) is 0 Å². The predicted molar refractivity (Wildman–Crippen MR) is 61.4 cm³/mol. The highest BCUT2D eigenvalue weighted by Gasteiger charge is 2.34. The minimum atomic E-state index is -0.474. The van der Waals surface area contributed by atoms with E-state index in [9.17, 15) is 9.59 Å². The van der Waals surface area contributed by atoms with Crippen LogP contribution in [0.5, 0.6) is 0 Å². The van der Waals surface area contributed by atoms with Crippen LogP contribution in [0.25, 0.3) is 0 Å². The Labute approximate surface area is 103 Å². The van der Waals surface area contributed by atoms with E-state index < -0.39 is 11.8 Å². The van der Waals surface area contributed by atoms with Crippen LogP contribution in [-0.4, -0.2) is 28.3 Å². The summed E-state index contributed by atoms with van der Waals surface area (Å²) in [6, 6.07) is 1.65. The third-order valence-electron chi connectivity index (χ3n) is 2.62. The molecule has 0 radical (unpaired) electrons. The molecule has 2 heterocycles. The first-order chi connectivity index (χ1) is 7.97. The van der Waals surface area contributed by atoms with E-state index >= 15 is 0 Å². The van der Waals surface area contributed by atoms with Gasteiger partial charge in [0.05, 0.1) is 5.92 Å². The van der Waals surface area contributed by atoms with Crippen LogP contribution in [0.1, 0.15) is 12.1 Å². The summed E-state index contributed by atoms with van der Waals surface area (Å²) >= 11 is 5.72. The van der Waals surface area contributed by atoms with Crippen molar-refractivity contribution in [1.29, 1.82) is 0 Å². The lowest BCUT2D eigenvalue weighted by molar-refractivity contribution is -0.123. The number of primary amides is 1. The second-order valence-electron chi connectivity index (χ2n) is 3.94. The zero-order valence-electron chi connectivity index (χ0n) is 9.18. The van der Waals surface area contributed by atoms with E-state index in [2.05, 4.69) is 9.97 Å². The van der Waals surface area contributed by atoms with Gasteiger partial charge in [-0.2, -0.15) is 0 Å². The molecule has 17 heavy (non-hydrogen) atoms. The van der Waals surface area contributed by atoms with E-state index in [1.54, 1.807) is 13.0 Å². The number of hydrogen-bond acceptors (Lipinski definition) is 4. The summed E-state index contributed by atoms with van der Waals surface area (Å²) in [7, 11) is 0. The summed E-state index contributed by atoms with van der Waals surface area (Å²) in [6.45, 7) is 2.00. The molecule has 1 aliphatic rings. The number of hydrogen-bond donors (Lipinski definition) is 1. The summed E-state index contributed by atoms with van der Waals surface area (Å²) in [5.41, 5.74) is 5.85. The Balaban J connectivity index is 2.28. The van der Waals surface area contributed by atoms with E-state index in [4.69, 9.17) is 17.3 Å². The van der Waals surface area contributed by atoms with Gasteiger partial charge < -0.3 is 5.73 Å². The van der Waals surface area contributed by atoms with Gasteiger partial charge in [0.2, 0.25) is 17.1 Å². The van der Waals surface area contributed by atoms with Gasteiger partial charge in [0, 0.05) is 24.7 Å². The van der Waals surface area contributed by atoms with E-state index in [0.29, 0.717) is 11.5 Å². The third-order valence-corrected chi connectivity index (χ3v) is 2.79. The summed E-state index contributed by atoms with van der Waals surface area (Å²) in [5, 5.41) is 0.0790. The molecule has 1 fully saturated rings. The number of aryl methyl sites for hydroxylation is 1. The topological polar surface area (TPSA) is 89.2 Å². The fraction of sp³-hybridized carbons (Fsp3) is 0.400. The fourth-order valence-corrected chi connectivity index (χ4v) is 1.99. The standard InChI is InChI=1S/C10H11ClN4O2/c1-5-2-7(14-10(11)13-5)15-4-6(9(12)17)3-8(15)16/h2,6H,3-4H2,1H3,(H2,12,17).